The number of hydrogen-bond donors (Lipinski definition) is 0. The smallest absolute Gasteiger partial charge is 0.0635 e. The van der Waals surface area contributed by atoms with Gasteiger partial charge in [-0.15, -0.1) is 0 Å². The summed E-state index contributed by atoms with van der Waals surface area (Å²) < 4.78 is 5.94. The normalized spacial score (nSPS) is 47.4. The molecule has 0 saturated carbocycles. The van der Waals surface area contributed by atoms with E-state index in [0.717, 1.165) is 18.9 Å². The van der Waals surface area contributed by atoms with Crippen LogP contribution in [-0.2, 0) is 4.74 Å². The standard InChI is InChI=1S/C13H22O/c1-5-12-13(4)10(3)6-9(2)7-11(13)8-14-12/h6,10-12H,5,7-8H2,1-4H3. The van der Waals surface area contributed by atoms with E-state index in [9.17, 15) is 0 Å². The van der Waals surface area contributed by atoms with E-state index in [2.05, 4.69) is 33.8 Å². The molecule has 1 saturated heterocycles. The topological polar surface area (TPSA) is 9.23 Å². The van der Waals surface area contributed by atoms with Crippen LogP contribution in [0.15, 0.2) is 11.6 Å². The first-order valence-electron chi connectivity index (χ1n) is 5.88. The summed E-state index contributed by atoms with van der Waals surface area (Å²) in [6, 6.07) is 0. The van der Waals surface area contributed by atoms with Gasteiger partial charge in [0.05, 0.1) is 12.7 Å². The molecule has 0 aromatic carbocycles. The summed E-state index contributed by atoms with van der Waals surface area (Å²) in [5.41, 5.74) is 1.95. The Hall–Kier alpha value is -0.300. The highest BCUT2D eigenvalue weighted by molar-refractivity contribution is 5.16. The summed E-state index contributed by atoms with van der Waals surface area (Å²) in [5, 5.41) is 0. The highest BCUT2D eigenvalue weighted by Gasteiger charge is 2.51. The highest BCUT2D eigenvalue weighted by Crippen LogP contribution is 2.52. The van der Waals surface area contributed by atoms with Crippen molar-refractivity contribution in [3.8, 4) is 0 Å². The van der Waals surface area contributed by atoms with Crippen LogP contribution in [0.25, 0.3) is 0 Å². The van der Waals surface area contributed by atoms with Crippen molar-refractivity contribution in [2.45, 2.75) is 46.6 Å². The van der Waals surface area contributed by atoms with Gasteiger partial charge in [-0.25, -0.2) is 0 Å². The summed E-state index contributed by atoms with van der Waals surface area (Å²) in [6.45, 7) is 10.3. The molecule has 80 valence electrons. The summed E-state index contributed by atoms with van der Waals surface area (Å²) in [4.78, 5) is 0. The minimum atomic E-state index is 0.397. The molecule has 4 atom stereocenters. The molecule has 14 heavy (non-hydrogen) atoms. The van der Waals surface area contributed by atoms with Gasteiger partial charge >= 0.3 is 0 Å². The molecule has 1 heterocycles. The molecule has 2 rings (SSSR count). The van der Waals surface area contributed by atoms with Crippen LogP contribution in [0, 0.1) is 17.3 Å². The van der Waals surface area contributed by atoms with Gasteiger partial charge in [-0.05, 0) is 31.6 Å². The number of allylic oxidation sites excluding steroid dienone is 2. The number of rotatable bonds is 1. The molecule has 1 fully saturated rings. The van der Waals surface area contributed by atoms with Gasteiger partial charge in [0, 0.05) is 5.41 Å². The van der Waals surface area contributed by atoms with Crippen molar-refractivity contribution < 1.29 is 4.74 Å². The second kappa shape index (κ2) is 3.37. The van der Waals surface area contributed by atoms with Crippen LogP contribution in [0.4, 0.5) is 0 Å². The zero-order chi connectivity index (χ0) is 10.3. The Morgan fingerprint density at radius 3 is 2.93 bits per heavy atom. The van der Waals surface area contributed by atoms with Gasteiger partial charge in [-0.2, -0.15) is 0 Å². The molecule has 0 aromatic heterocycles. The highest BCUT2D eigenvalue weighted by atomic mass is 16.5. The molecule has 1 aliphatic heterocycles. The van der Waals surface area contributed by atoms with E-state index in [1.54, 1.807) is 5.57 Å². The number of hydrogen-bond acceptors (Lipinski definition) is 1. The molecule has 1 aliphatic carbocycles. The first kappa shape index (κ1) is 10.2. The Morgan fingerprint density at radius 2 is 2.29 bits per heavy atom. The van der Waals surface area contributed by atoms with Gasteiger partial charge in [0.2, 0.25) is 0 Å². The van der Waals surface area contributed by atoms with Crippen molar-refractivity contribution in [3.05, 3.63) is 11.6 Å². The van der Waals surface area contributed by atoms with Crippen LogP contribution in [-0.4, -0.2) is 12.7 Å². The Kier molecular flexibility index (Phi) is 2.46. The molecule has 0 bridgehead atoms. The summed E-state index contributed by atoms with van der Waals surface area (Å²) >= 11 is 0. The van der Waals surface area contributed by atoms with Gasteiger partial charge in [0.15, 0.2) is 0 Å². The molecular formula is C13H22O. The lowest BCUT2D eigenvalue weighted by molar-refractivity contribution is 0.0304. The van der Waals surface area contributed by atoms with Crippen molar-refractivity contribution in [2.24, 2.45) is 17.3 Å². The van der Waals surface area contributed by atoms with Crippen LogP contribution in [0.5, 0.6) is 0 Å². The molecule has 2 aliphatic rings. The molecule has 0 aromatic rings. The first-order valence-corrected chi connectivity index (χ1v) is 5.88. The van der Waals surface area contributed by atoms with E-state index >= 15 is 0 Å². The number of fused-ring (bicyclic) bond motifs is 1. The van der Waals surface area contributed by atoms with Crippen molar-refractivity contribution in [1.29, 1.82) is 0 Å². The molecule has 4 unspecified atom stereocenters. The van der Waals surface area contributed by atoms with Crippen LogP contribution >= 0.6 is 0 Å². The minimum Gasteiger partial charge on any atom is -0.377 e. The largest absolute Gasteiger partial charge is 0.377 e. The fourth-order valence-corrected chi connectivity index (χ4v) is 3.42. The lowest BCUT2D eigenvalue weighted by Crippen LogP contribution is -2.40. The minimum absolute atomic E-state index is 0.397. The second-order valence-corrected chi connectivity index (χ2v) is 5.30. The first-order chi connectivity index (χ1) is 6.59. The van der Waals surface area contributed by atoms with Crippen molar-refractivity contribution in [1.82, 2.24) is 0 Å². The Bertz CT molecular complexity index is 256. The van der Waals surface area contributed by atoms with Crippen LogP contribution < -0.4 is 0 Å². The Morgan fingerprint density at radius 1 is 1.57 bits per heavy atom. The van der Waals surface area contributed by atoms with E-state index in [4.69, 9.17) is 4.74 Å². The molecule has 0 radical (unpaired) electrons. The Balaban J connectivity index is 2.31. The summed E-state index contributed by atoms with van der Waals surface area (Å²) in [5.74, 6) is 1.43. The third kappa shape index (κ3) is 1.25. The zero-order valence-electron chi connectivity index (χ0n) is 9.84. The maximum absolute atomic E-state index is 5.94. The number of ether oxygens (including phenoxy) is 1. The quantitative estimate of drug-likeness (QED) is 0.581. The molecule has 1 heteroatoms. The van der Waals surface area contributed by atoms with Gasteiger partial charge in [-0.3, -0.25) is 0 Å². The third-order valence-corrected chi connectivity index (χ3v) is 4.53. The van der Waals surface area contributed by atoms with Crippen molar-refractivity contribution in [3.63, 3.8) is 0 Å². The lowest BCUT2D eigenvalue weighted by atomic mass is 9.61. The van der Waals surface area contributed by atoms with Gasteiger partial charge in [0.1, 0.15) is 0 Å². The summed E-state index contributed by atoms with van der Waals surface area (Å²) in [6.07, 6.45) is 5.34. The maximum Gasteiger partial charge on any atom is 0.0635 e. The van der Waals surface area contributed by atoms with E-state index in [1.807, 2.05) is 0 Å². The Labute approximate surface area is 87.5 Å². The van der Waals surface area contributed by atoms with E-state index < -0.39 is 0 Å². The molecule has 1 nitrogen and oxygen atoms in total. The molecule has 0 N–H and O–H groups in total. The van der Waals surface area contributed by atoms with Crippen LogP contribution in [0.3, 0.4) is 0 Å². The van der Waals surface area contributed by atoms with E-state index in [-0.39, 0.29) is 0 Å². The van der Waals surface area contributed by atoms with Crippen molar-refractivity contribution in [2.75, 3.05) is 6.61 Å². The maximum atomic E-state index is 5.94. The molecule has 0 amide bonds. The molecule has 0 spiro atoms. The SMILES string of the molecule is CCC1OCC2CC(C)=CC(C)C21C. The van der Waals surface area contributed by atoms with Crippen molar-refractivity contribution >= 4 is 0 Å². The predicted octanol–water partition coefficient (Wildman–Crippen LogP) is 3.40. The van der Waals surface area contributed by atoms with Crippen LogP contribution in [0.1, 0.15) is 40.5 Å². The zero-order valence-corrected chi connectivity index (χ0v) is 9.84. The molecular weight excluding hydrogens is 172 g/mol. The van der Waals surface area contributed by atoms with Gasteiger partial charge in [0.25, 0.3) is 0 Å². The average Bonchev–Trinajstić information content (AvgIpc) is 2.44. The fraction of sp³-hybridized carbons (Fsp3) is 0.846. The summed E-state index contributed by atoms with van der Waals surface area (Å²) in [7, 11) is 0. The third-order valence-electron chi connectivity index (χ3n) is 4.53. The predicted molar refractivity (Wildman–Crippen MR) is 59.2 cm³/mol. The van der Waals surface area contributed by atoms with Crippen LogP contribution in [0.2, 0.25) is 0 Å². The van der Waals surface area contributed by atoms with E-state index in [0.29, 0.717) is 17.4 Å². The van der Waals surface area contributed by atoms with Gasteiger partial charge in [-0.1, -0.05) is 32.4 Å². The van der Waals surface area contributed by atoms with E-state index in [1.165, 1.54) is 6.42 Å². The average molecular weight is 194 g/mol. The monoisotopic (exact) mass is 194 g/mol. The lowest BCUT2D eigenvalue weighted by Gasteiger charge is -2.42. The fourth-order valence-electron chi connectivity index (χ4n) is 3.42. The second-order valence-electron chi connectivity index (χ2n) is 5.30. The van der Waals surface area contributed by atoms with Gasteiger partial charge < -0.3 is 4.74 Å².